The van der Waals surface area contributed by atoms with Gasteiger partial charge in [-0.3, -0.25) is 14.3 Å². The molecule has 1 aliphatic heterocycles. The predicted octanol–water partition coefficient (Wildman–Crippen LogP) is 2.31. The SMILES string of the molecule is CCCN(CC(=O)Nc1ccccc1OC)C(=O)c1ccn(C2CCCNC2)n1. The minimum Gasteiger partial charge on any atom is -0.495 e. The summed E-state index contributed by atoms with van der Waals surface area (Å²) >= 11 is 0. The minimum absolute atomic E-state index is 0.0391. The molecular weight excluding hydrogens is 370 g/mol. The number of anilines is 1. The molecule has 2 amide bonds. The van der Waals surface area contributed by atoms with Gasteiger partial charge in [-0.15, -0.1) is 0 Å². The molecule has 29 heavy (non-hydrogen) atoms. The van der Waals surface area contributed by atoms with Crippen LogP contribution >= 0.6 is 0 Å². The van der Waals surface area contributed by atoms with Gasteiger partial charge in [0, 0.05) is 19.3 Å². The van der Waals surface area contributed by atoms with Crippen molar-refractivity contribution in [3.63, 3.8) is 0 Å². The van der Waals surface area contributed by atoms with Crippen LogP contribution in [0, 0.1) is 0 Å². The van der Waals surface area contributed by atoms with Crippen molar-refractivity contribution in [3.05, 3.63) is 42.2 Å². The Morgan fingerprint density at radius 3 is 2.90 bits per heavy atom. The van der Waals surface area contributed by atoms with Crippen molar-refractivity contribution in [1.29, 1.82) is 0 Å². The Morgan fingerprint density at radius 1 is 1.34 bits per heavy atom. The summed E-state index contributed by atoms with van der Waals surface area (Å²) in [5.74, 6) is 0.0748. The van der Waals surface area contributed by atoms with Crippen LogP contribution < -0.4 is 15.4 Å². The van der Waals surface area contributed by atoms with Crippen LogP contribution in [0.4, 0.5) is 5.69 Å². The average Bonchev–Trinajstić information content (AvgIpc) is 3.24. The van der Waals surface area contributed by atoms with E-state index in [0.717, 1.165) is 32.4 Å². The van der Waals surface area contributed by atoms with Gasteiger partial charge in [-0.05, 0) is 44.0 Å². The maximum atomic E-state index is 13.0. The molecule has 3 rings (SSSR count). The van der Waals surface area contributed by atoms with E-state index in [1.54, 1.807) is 25.3 Å². The van der Waals surface area contributed by atoms with Crippen LogP contribution in [0.3, 0.4) is 0 Å². The first kappa shape index (κ1) is 20.9. The van der Waals surface area contributed by atoms with E-state index in [-0.39, 0.29) is 24.4 Å². The first-order valence-corrected chi connectivity index (χ1v) is 10.1. The van der Waals surface area contributed by atoms with Crippen LogP contribution in [-0.2, 0) is 4.79 Å². The van der Waals surface area contributed by atoms with E-state index in [9.17, 15) is 9.59 Å². The van der Waals surface area contributed by atoms with Crippen molar-refractivity contribution >= 4 is 17.5 Å². The summed E-state index contributed by atoms with van der Waals surface area (Å²) in [6, 6.07) is 9.19. The number of hydrogen-bond donors (Lipinski definition) is 2. The first-order chi connectivity index (χ1) is 14.1. The Kier molecular flexibility index (Phi) is 7.24. The zero-order valence-electron chi connectivity index (χ0n) is 17.1. The highest BCUT2D eigenvalue weighted by molar-refractivity contribution is 5.99. The van der Waals surface area contributed by atoms with Crippen molar-refractivity contribution in [1.82, 2.24) is 20.0 Å². The molecule has 1 saturated heterocycles. The van der Waals surface area contributed by atoms with Gasteiger partial charge in [0.05, 0.1) is 18.8 Å². The summed E-state index contributed by atoms with van der Waals surface area (Å²) < 4.78 is 7.12. The molecule has 2 N–H and O–H groups in total. The molecule has 2 heterocycles. The molecule has 1 unspecified atom stereocenters. The summed E-state index contributed by atoms with van der Waals surface area (Å²) in [6.45, 7) is 4.30. The fourth-order valence-corrected chi connectivity index (χ4v) is 3.51. The number of piperidine rings is 1. The third kappa shape index (κ3) is 5.35. The number of para-hydroxylation sites is 2. The second-order valence-electron chi connectivity index (χ2n) is 7.16. The number of hydrogen-bond acceptors (Lipinski definition) is 5. The van der Waals surface area contributed by atoms with Crippen LogP contribution in [0.25, 0.3) is 0 Å². The van der Waals surface area contributed by atoms with E-state index >= 15 is 0 Å². The monoisotopic (exact) mass is 399 g/mol. The minimum atomic E-state index is -0.271. The maximum absolute atomic E-state index is 13.0. The lowest BCUT2D eigenvalue weighted by molar-refractivity contribution is -0.116. The highest BCUT2D eigenvalue weighted by atomic mass is 16.5. The molecular formula is C21H29N5O3. The molecule has 1 atom stereocenters. The van der Waals surface area contributed by atoms with Crippen molar-refractivity contribution in [3.8, 4) is 5.75 Å². The van der Waals surface area contributed by atoms with Crippen LogP contribution in [0.15, 0.2) is 36.5 Å². The number of rotatable bonds is 8. The number of carbonyl (C=O) groups excluding carboxylic acids is 2. The summed E-state index contributed by atoms with van der Waals surface area (Å²) in [5, 5.41) is 10.7. The zero-order valence-corrected chi connectivity index (χ0v) is 17.1. The molecule has 1 aromatic heterocycles. The lowest BCUT2D eigenvalue weighted by atomic mass is 10.1. The summed E-state index contributed by atoms with van der Waals surface area (Å²) in [4.78, 5) is 27.1. The predicted molar refractivity (Wildman–Crippen MR) is 111 cm³/mol. The lowest BCUT2D eigenvalue weighted by Crippen LogP contribution is -2.39. The summed E-state index contributed by atoms with van der Waals surface area (Å²) in [5.41, 5.74) is 0.951. The van der Waals surface area contributed by atoms with E-state index < -0.39 is 0 Å². The second-order valence-corrected chi connectivity index (χ2v) is 7.16. The van der Waals surface area contributed by atoms with Gasteiger partial charge in [0.2, 0.25) is 5.91 Å². The molecule has 1 aromatic carbocycles. The largest absolute Gasteiger partial charge is 0.495 e. The number of methoxy groups -OCH3 is 1. The van der Waals surface area contributed by atoms with Crippen LogP contribution in [-0.4, -0.2) is 59.8 Å². The third-order valence-corrected chi connectivity index (χ3v) is 4.97. The van der Waals surface area contributed by atoms with Crippen LogP contribution in [0.2, 0.25) is 0 Å². The average molecular weight is 399 g/mol. The lowest BCUT2D eigenvalue weighted by Gasteiger charge is -2.23. The fourth-order valence-electron chi connectivity index (χ4n) is 3.51. The quantitative estimate of drug-likeness (QED) is 0.711. The third-order valence-electron chi connectivity index (χ3n) is 4.97. The Morgan fingerprint density at radius 2 is 2.17 bits per heavy atom. The molecule has 1 fully saturated rings. The number of benzene rings is 1. The Labute approximate surface area is 171 Å². The number of carbonyl (C=O) groups is 2. The second kappa shape index (κ2) is 10.1. The van der Waals surface area contributed by atoms with Crippen LogP contribution in [0.1, 0.15) is 42.7 Å². The van der Waals surface area contributed by atoms with E-state index in [2.05, 4.69) is 15.7 Å². The Bertz CT molecular complexity index is 829. The molecule has 0 bridgehead atoms. The van der Waals surface area contributed by atoms with Gasteiger partial charge in [-0.25, -0.2) is 0 Å². The standard InChI is InChI=1S/C21H29N5O3/c1-3-12-25(15-20(27)23-17-8-4-5-9-19(17)29-2)21(28)18-10-13-26(24-18)16-7-6-11-22-14-16/h4-5,8-10,13,16,22H,3,6-7,11-12,14-15H2,1-2H3,(H,23,27). The molecule has 156 valence electrons. The van der Waals surface area contributed by atoms with E-state index in [1.165, 1.54) is 4.90 Å². The Hall–Kier alpha value is -2.87. The molecule has 8 nitrogen and oxygen atoms in total. The Balaban J connectivity index is 1.66. The highest BCUT2D eigenvalue weighted by Crippen LogP contribution is 2.23. The van der Waals surface area contributed by atoms with E-state index in [1.807, 2.05) is 29.9 Å². The smallest absolute Gasteiger partial charge is 0.274 e. The summed E-state index contributed by atoms with van der Waals surface area (Å²) in [7, 11) is 1.55. The number of aromatic nitrogens is 2. The van der Waals surface area contributed by atoms with Gasteiger partial charge < -0.3 is 20.3 Å². The summed E-state index contributed by atoms with van der Waals surface area (Å²) in [6.07, 6.45) is 4.74. The van der Waals surface area contributed by atoms with Gasteiger partial charge in [0.25, 0.3) is 5.91 Å². The highest BCUT2D eigenvalue weighted by Gasteiger charge is 2.23. The number of nitrogens with zero attached hydrogens (tertiary/aromatic N) is 3. The molecule has 2 aromatic rings. The maximum Gasteiger partial charge on any atom is 0.274 e. The van der Waals surface area contributed by atoms with Gasteiger partial charge in [0.1, 0.15) is 18.0 Å². The number of ether oxygens (including phenoxy) is 1. The van der Waals surface area contributed by atoms with Crippen molar-refractivity contribution < 1.29 is 14.3 Å². The fraction of sp³-hybridized carbons (Fsp3) is 0.476. The topological polar surface area (TPSA) is 88.5 Å². The van der Waals surface area contributed by atoms with Gasteiger partial charge >= 0.3 is 0 Å². The molecule has 1 aliphatic rings. The normalized spacial score (nSPS) is 16.3. The van der Waals surface area contributed by atoms with E-state index in [4.69, 9.17) is 4.74 Å². The van der Waals surface area contributed by atoms with E-state index in [0.29, 0.717) is 23.7 Å². The van der Waals surface area contributed by atoms with Gasteiger partial charge in [-0.2, -0.15) is 5.10 Å². The van der Waals surface area contributed by atoms with Crippen LogP contribution in [0.5, 0.6) is 5.75 Å². The van der Waals surface area contributed by atoms with Gasteiger partial charge in [-0.1, -0.05) is 19.1 Å². The van der Waals surface area contributed by atoms with Crippen molar-refractivity contribution in [2.45, 2.75) is 32.2 Å². The number of amides is 2. The van der Waals surface area contributed by atoms with Gasteiger partial charge in [0.15, 0.2) is 0 Å². The molecule has 0 radical (unpaired) electrons. The molecule has 8 heteroatoms. The molecule has 0 aliphatic carbocycles. The first-order valence-electron chi connectivity index (χ1n) is 10.1. The molecule has 0 saturated carbocycles. The zero-order chi connectivity index (χ0) is 20.6. The van der Waals surface area contributed by atoms with Crippen molar-refractivity contribution in [2.24, 2.45) is 0 Å². The van der Waals surface area contributed by atoms with Crippen molar-refractivity contribution in [2.75, 3.05) is 38.6 Å². The molecule has 0 spiro atoms. The number of nitrogens with one attached hydrogen (secondary N) is 2.